The van der Waals surface area contributed by atoms with Gasteiger partial charge in [-0.15, -0.1) is 11.3 Å². The third-order valence-corrected chi connectivity index (χ3v) is 4.16. The van der Waals surface area contributed by atoms with Crippen molar-refractivity contribution in [1.82, 2.24) is 0 Å². The van der Waals surface area contributed by atoms with E-state index in [2.05, 4.69) is 0 Å². The zero-order valence-corrected chi connectivity index (χ0v) is 13.8. The van der Waals surface area contributed by atoms with Crippen molar-refractivity contribution in [1.29, 1.82) is 0 Å². The first kappa shape index (κ1) is 16.2. The molecule has 0 spiro atoms. The van der Waals surface area contributed by atoms with Crippen LogP contribution >= 0.6 is 22.9 Å². The van der Waals surface area contributed by atoms with Crippen LogP contribution in [0, 0.1) is 0 Å². The van der Waals surface area contributed by atoms with Crippen molar-refractivity contribution in [2.75, 3.05) is 0 Å². The Morgan fingerprint density at radius 3 is 2.00 bits per heavy atom. The van der Waals surface area contributed by atoms with E-state index in [0.29, 0.717) is 15.5 Å². The van der Waals surface area contributed by atoms with Gasteiger partial charge in [0, 0.05) is 5.02 Å². The highest BCUT2D eigenvalue weighted by Crippen LogP contribution is 2.28. The van der Waals surface area contributed by atoms with Gasteiger partial charge in [-0.25, -0.2) is 9.59 Å². The lowest BCUT2D eigenvalue weighted by Crippen LogP contribution is -2.11. The van der Waals surface area contributed by atoms with E-state index >= 15 is 0 Å². The molecule has 0 amide bonds. The van der Waals surface area contributed by atoms with E-state index in [1.165, 1.54) is 11.3 Å². The molecule has 0 unspecified atom stereocenters. The molecule has 0 radical (unpaired) electrons. The van der Waals surface area contributed by atoms with Crippen molar-refractivity contribution in [2.24, 2.45) is 0 Å². The van der Waals surface area contributed by atoms with Crippen molar-refractivity contribution < 1.29 is 19.1 Å². The molecule has 1 aromatic heterocycles. The summed E-state index contributed by atoms with van der Waals surface area (Å²) in [6, 6.07) is 16.2. The van der Waals surface area contributed by atoms with Crippen LogP contribution in [0.4, 0.5) is 0 Å². The van der Waals surface area contributed by atoms with Gasteiger partial charge in [0.2, 0.25) is 0 Å². The van der Waals surface area contributed by atoms with Crippen molar-refractivity contribution >= 4 is 34.9 Å². The molecule has 0 N–H and O–H groups in total. The SMILES string of the molecule is O=C(Oc1ccccc1OC(=O)c1cccs1)c1ccc(Cl)cc1. The maximum atomic E-state index is 12.2. The molecule has 0 aliphatic rings. The molecule has 2 aromatic carbocycles. The number of ether oxygens (including phenoxy) is 2. The van der Waals surface area contributed by atoms with Gasteiger partial charge in [0.1, 0.15) is 4.88 Å². The van der Waals surface area contributed by atoms with Gasteiger partial charge in [-0.05, 0) is 47.8 Å². The fraction of sp³-hybridized carbons (Fsp3) is 0. The van der Waals surface area contributed by atoms with Crippen LogP contribution in [-0.2, 0) is 0 Å². The molecule has 3 aromatic rings. The molecule has 0 saturated carbocycles. The average Bonchev–Trinajstić information content (AvgIpc) is 3.12. The largest absolute Gasteiger partial charge is 0.419 e. The highest BCUT2D eigenvalue weighted by atomic mass is 35.5. The first-order valence-electron chi connectivity index (χ1n) is 6.96. The number of carbonyl (C=O) groups excluding carboxylic acids is 2. The molecule has 4 nitrogen and oxygen atoms in total. The number of hydrogen-bond donors (Lipinski definition) is 0. The summed E-state index contributed by atoms with van der Waals surface area (Å²) in [4.78, 5) is 24.7. The summed E-state index contributed by atoms with van der Waals surface area (Å²) < 4.78 is 10.7. The lowest BCUT2D eigenvalue weighted by molar-refractivity contribution is 0.0685. The maximum Gasteiger partial charge on any atom is 0.353 e. The fourth-order valence-corrected chi connectivity index (χ4v) is 2.63. The summed E-state index contributed by atoms with van der Waals surface area (Å²) in [6.45, 7) is 0. The molecule has 0 aliphatic carbocycles. The number of rotatable bonds is 4. The van der Waals surface area contributed by atoms with Crippen molar-refractivity contribution in [2.45, 2.75) is 0 Å². The number of benzene rings is 2. The van der Waals surface area contributed by atoms with E-state index < -0.39 is 11.9 Å². The minimum absolute atomic E-state index is 0.169. The Labute approximate surface area is 147 Å². The van der Waals surface area contributed by atoms with Gasteiger partial charge in [-0.2, -0.15) is 0 Å². The van der Waals surface area contributed by atoms with Gasteiger partial charge in [-0.1, -0.05) is 29.8 Å². The number of esters is 2. The molecule has 0 saturated heterocycles. The Hall–Kier alpha value is -2.63. The summed E-state index contributed by atoms with van der Waals surface area (Å²) in [6.07, 6.45) is 0. The fourth-order valence-electron chi connectivity index (χ4n) is 1.91. The Morgan fingerprint density at radius 2 is 1.42 bits per heavy atom. The van der Waals surface area contributed by atoms with E-state index in [1.807, 2.05) is 0 Å². The van der Waals surface area contributed by atoms with Gasteiger partial charge >= 0.3 is 11.9 Å². The Kier molecular flexibility index (Phi) is 4.93. The highest BCUT2D eigenvalue weighted by molar-refractivity contribution is 7.12. The predicted molar refractivity (Wildman–Crippen MR) is 92.1 cm³/mol. The summed E-state index contributed by atoms with van der Waals surface area (Å²) in [5.74, 6) is -0.716. The number of hydrogen-bond acceptors (Lipinski definition) is 5. The molecule has 3 rings (SSSR count). The van der Waals surface area contributed by atoms with Crippen LogP contribution in [0.3, 0.4) is 0 Å². The smallest absolute Gasteiger partial charge is 0.353 e. The third kappa shape index (κ3) is 3.82. The first-order chi connectivity index (χ1) is 11.6. The third-order valence-electron chi connectivity index (χ3n) is 3.06. The lowest BCUT2D eigenvalue weighted by atomic mass is 10.2. The summed E-state index contributed by atoms with van der Waals surface area (Å²) in [5, 5.41) is 2.31. The number of para-hydroxylation sites is 2. The molecule has 0 fully saturated rings. The predicted octanol–water partition coefficient (Wildman–Crippen LogP) is 4.84. The van der Waals surface area contributed by atoms with Crippen molar-refractivity contribution in [3.8, 4) is 11.5 Å². The minimum Gasteiger partial charge on any atom is -0.419 e. The minimum atomic E-state index is -0.564. The van der Waals surface area contributed by atoms with Crippen LogP contribution < -0.4 is 9.47 Å². The van der Waals surface area contributed by atoms with Crippen LogP contribution in [0.5, 0.6) is 11.5 Å². The molecule has 120 valence electrons. The second-order valence-electron chi connectivity index (χ2n) is 4.71. The first-order valence-corrected chi connectivity index (χ1v) is 8.22. The molecule has 6 heteroatoms. The highest BCUT2D eigenvalue weighted by Gasteiger charge is 2.16. The molecular formula is C18H11ClO4S. The Balaban J connectivity index is 1.77. The van der Waals surface area contributed by atoms with Crippen molar-refractivity contribution in [3.63, 3.8) is 0 Å². The van der Waals surface area contributed by atoms with E-state index in [1.54, 1.807) is 66.0 Å². The van der Waals surface area contributed by atoms with Crippen LogP contribution in [-0.4, -0.2) is 11.9 Å². The number of thiophene rings is 1. The monoisotopic (exact) mass is 358 g/mol. The Morgan fingerprint density at radius 1 is 0.792 bits per heavy atom. The van der Waals surface area contributed by atoms with E-state index in [0.717, 1.165) is 0 Å². The van der Waals surface area contributed by atoms with Crippen LogP contribution in [0.2, 0.25) is 5.02 Å². The van der Waals surface area contributed by atoms with Gasteiger partial charge in [0.05, 0.1) is 5.56 Å². The van der Waals surface area contributed by atoms with Gasteiger partial charge < -0.3 is 9.47 Å². The summed E-state index contributed by atoms with van der Waals surface area (Å²) in [5.41, 5.74) is 0.346. The van der Waals surface area contributed by atoms with Crippen molar-refractivity contribution in [3.05, 3.63) is 81.5 Å². The second-order valence-corrected chi connectivity index (χ2v) is 6.09. The normalized spacial score (nSPS) is 10.2. The maximum absolute atomic E-state index is 12.2. The number of halogens is 1. The molecule has 0 aliphatic heterocycles. The van der Waals surface area contributed by atoms with Gasteiger partial charge in [0.25, 0.3) is 0 Å². The zero-order valence-electron chi connectivity index (χ0n) is 12.3. The van der Waals surface area contributed by atoms with E-state index in [4.69, 9.17) is 21.1 Å². The van der Waals surface area contributed by atoms with Gasteiger partial charge in [-0.3, -0.25) is 0 Å². The molecule has 0 bridgehead atoms. The molecule has 24 heavy (non-hydrogen) atoms. The van der Waals surface area contributed by atoms with Crippen LogP contribution in [0.15, 0.2) is 66.0 Å². The quantitative estimate of drug-likeness (QED) is 0.494. The molecule has 0 atom stereocenters. The summed E-state index contributed by atoms with van der Waals surface area (Å²) in [7, 11) is 0. The van der Waals surface area contributed by atoms with Crippen LogP contribution in [0.25, 0.3) is 0 Å². The molecule has 1 heterocycles. The second kappa shape index (κ2) is 7.29. The average molecular weight is 359 g/mol. The summed E-state index contributed by atoms with van der Waals surface area (Å²) >= 11 is 7.07. The topological polar surface area (TPSA) is 52.6 Å². The van der Waals surface area contributed by atoms with E-state index in [9.17, 15) is 9.59 Å². The van der Waals surface area contributed by atoms with E-state index in [-0.39, 0.29) is 11.5 Å². The number of carbonyl (C=O) groups is 2. The Bertz CT molecular complexity index is 857. The standard InChI is InChI=1S/C18H11ClO4S/c19-13-9-7-12(8-10-13)17(20)22-14-4-1-2-5-15(14)23-18(21)16-6-3-11-24-16/h1-11H. The molecular weight excluding hydrogens is 348 g/mol. The van der Waals surface area contributed by atoms with Gasteiger partial charge in [0.15, 0.2) is 11.5 Å². The lowest BCUT2D eigenvalue weighted by Gasteiger charge is -2.10. The van der Waals surface area contributed by atoms with Crippen LogP contribution in [0.1, 0.15) is 20.0 Å². The zero-order chi connectivity index (χ0) is 16.9.